The van der Waals surface area contributed by atoms with Crippen LogP contribution in [0.2, 0.25) is 0 Å². The first-order chi connectivity index (χ1) is 13.0. The molecule has 2 aliphatic carbocycles. The molecular formula is C21H40IN5O. The van der Waals surface area contributed by atoms with Gasteiger partial charge in [-0.15, -0.1) is 24.0 Å². The van der Waals surface area contributed by atoms with Crippen molar-refractivity contribution >= 4 is 35.8 Å². The Hall–Kier alpha value is -0.570. The number of guanidine groups is 1. The molecule has 1 aliphatic heterocycles. The molecular weight excluding hydrogens is 465 g/mol. The zero-order valence-electron chi connectivity index (χ0n) is 18.0. The van der Waals surface area contributed by atoms with Crippen molar-refractivity contribution in [2.75, 3.05) is 40.3 Å². The van der Waals surface area contributed by atoms with Crippen LogP contribution in [0.25, 0.3) is 0 Å². The van der Waals surface area contributed by atoms with Crippen LogP contribution in [-0.2, 0) is 4.79 Å². The van der Waals surface area contributed by atoms with Crippen LogP contribution in [0.15, 0.2) is 4.99 Å². The molecule has 6 nitrogen and oxygen atoms in total. The third-order valence-electron chi connectivity index (χ3n) is 6.69. The zero-order valence-corrected chi connectivity index (χ0v) is 20.3. The second kappa shape index (κ2) is 11.6. The highest BCUT2D eigenvalue weighted by molar-refractivity contribution is 14.0. The molecule has 2 saturated carbocycles. The number of halogens is 1. The van der Waals surface area contributed by atoms with E-state index in [1.165, 1.54) is 45.1 Å². The van der Waals surface area contributed by atoms with Crippen LogP contribution in [0.4, 0.5) is 0 Å². The smallest absolute Gasteiger partial charge is 0.243 e. The number of nitrogens with one attached hydrogen (secondary N) is 2. The molecule has 162 valence electrons. The lowest BCUT2D eigenvalue weighted by molar-refractivity contribution is -0.127. The summed E-state index contributed by atoms with van der Waals surface area (Å²) in [6, 6.07) is 0.997. The third-order valence-corrected chi connectivity index (χ3v) is 6.69. The number of likely N-dealkylation sites (tertiary alicyclic amines) is 1. The molecule has 0 aromatic heterocycles. The van der Waals surface area contributed by atoms with Gasteiger partial charge >= 0.3 is 0 Å². The fraction of sp³-hybridized carbons (Fsp3) is 0.905. The lowest BCUT2D eigenvalue weighted by atomic mass is 9.95. The van der Waals surface area contributed by atoms with Crippen molar-refractivity contribution in [2.24, 2.45) is 16.8 Å². The maximum absolute atomic E-state index is 12.0. The zero-order chi connectivity index (χ0) is 19.2. The molecule has 1 saturated heterocycles. The van der Waals surface area contributed by atoms with Gasteiger partial charge in [0, 0.05) is 39.3 Å². The lowest BCUT2D eigenvalue weighted by Crippen LogP contribution is -2.52. The van der Waals surface area contributed by atoms with Crippen molar-refractivity contribution < 1.29 is 4.79 Å². The number of fused-ring (bicyclic) bond motifs is 2. The summed E-state index contributed by atoms with van der Waals surface area (Å²) < 4.78 is 0. The number of piperidine rings is 1. The minimum atomic E-state index is 0. The van der Waals surface area contributed by atoms with Gasteiger partial charge in [-0.05, 0) is 56.9 Å². The van der Waals surface area contributed by atoms with Crippen LogP contribution in [0.3, 0.4) is 0 Å². The van der Waals surface area contributed by atoms with Gasteiger partial charge in [-0.1, -0.05) is 19.8 Å². The van der Waals surface area contributed by atoms with Crippen LogP contribution in [0, 0.1) is 11.8 Å². The topological polar surface area (TPSA) is 60.0 Å². The quantitative estimate of drug-likeness (QED) is 0.318. The summed E-state index contributed by atoms with van der Waals surface area (Å²) >= 11 is 0. The van der Waals surface area contributed by atoms with Gasteiger partial charge < -0.3 is 20.4 Å². The van der Waals surface area contributed by atoms with Gasteiger partial charge in [0.05, 0.1) is 0 Å². The van der Waals surface area contributed by atoms with Gasteiger partial charge in [-0.25, -0.2) is 4.99 Å². The summed E-state index contributed by atoms with van der Waals surface area (Å²) in [5.41, 5.74) is 0. The highest BCUT2D eigenvalue weighted by Gasteiger charge is 2.40. The molecule has 3 atom stereocenters. The molecule has 3 fully saturated rings. The Labute approximate surface area is 188 Å². The van der Waals surface area contributed by atoms with Gasteiger partial charge in [-0.2, -0.15) is 0 Å². The second-order valence-electron chi connectivity index (χ2n) is 8.99. The third kappa shape index (κ3) is 6.75. The standard InChI is InChI=1S/C21H39N5O.HI/c1-4-5-10-26-11-8-18(9-12-26)23-21(22-15-20(27)25(2)3)24-19-14-16-6-7-17(19)13-16;/h16-19H,4-15H2,1-3H3,(H2,22,23,24);1H. The van der Waals surface area contributed by atoms with E-state index in [2.05, 4.69) is 27.4 Å². The predicted octanol–water partition coefficient (Wildman–Crippen LogP) is 2.68. The first-order valence-electron chi connectivity index (χ1n) is 11.0. The summed E-state index contributed by atoms with van der Waals surface area (Å²) in [4.78, 5) is 20.8. The maximum atomic E-state index is 12.0. The van der Waals surface area contributed by atoms with Crippen molar-refractivity contribution in [1.82, 2.24) is 20.4 Å². The van der Waals surface area contributed by atoms with Gasteiger partial charge in [0.15, 0.2) is 5.96 Å². The molecule has 28 heavy (non-hydrogen) atoms. The highest BCUT2D eigenvalue weighted by atomic mass is 127. The molecule has 2 N–H and O–H groups in total. The van der Waals surface area contributed by atoms with E-state index in [9.17, 15) is 4.79 Å². The fourth-order valence-corrected chi connectivity index (χ4v) is 4.89. The minimum absolute atomic E-state index is 0. The molecule has 1 heterocycles. The number of nitrogens with zero attached hydrogens (tertiary/aromatic N) is 3. The molecule has 3 aliphatic rings. The monoisotopic (exact) mass is 505 g/mol. The summed E-state index contributed by atoms with van der Waals surface area (Å²) in [6.07, 6.45) is 10.3. The number of unbranched alkanes of at least 4 members (excludes halogenated alkanes) is 1. The van der Waals surface area contributed by atoms with E-state index in [1.807, 2.05) is 0 Å². The van der Waals surface area contributed by atoms with Crippen LogP contribution >= 0.6 is 24.0 Å². The summed E-state index contributed by atoms with van der Waals surface area (Å²) in [7, 11) is 3.58. The molecule has 0 spiro atoms. The minimum Gasteiger partial charge on any atom is -0.354 e. The molecule has 7 heteroatoms. The largest absolute Gasteiger partial charge is 0.354 e. The van der Waals surface area contributed by atoms with Crippen LogP contribution in [0.1, 0.15) is 58.3 Å². The van der Waals surface area contributed by atoms with Crippen molar-refractivity contribution in [3.05, 3.63) is 0 Å². The van der Waals surface area contributed by atoms with E-state index in [0.717, 1.165) is 43.7 Å². The van der Waals surface area contributed by atoms with Crippen molar-refractivity contribution in [3.63, 3.8) is 0 Å². The Morgan fingerprint density at radius 2 is 1.86 bits per heavy atom. The number of hydrogen-bond donors (Lipinski definition) is 2. The molecule has 1 amide bonds. The molecule has 0 aromatic rings. The number of carbonyl (C=O) groups is 1. The van der Waals surface area contributed by atoms with E-state index in [-0.39, 0.29) is 36.4 Å². The highest BCUT2D eigenvalue weighted by Crippen LogP contribution is 2.44. The molecule has 3 rings (SSSR count). The SMILES string of the molecule is CCCCN1CCC(NC(=NCC(=O)N(C)C)NC2CC3CCC2C3)CC1.I. The Morgan fingerprint density at radius 1 is 1.11 bits per heavy atom. The first-order valence-corrected chi connectivity index (χ1v) is 11.0. The summed E-state index contributed by atoms with van der Waals surface area (Å²) in [5, 5.41) is 7.34. The molecule has 3 unspecified atom stereocenters. The Morgan fingerprint density at radius 3 is 2.43 bits per heavy atom. The van der Waals surface area contributed by atoms with E-state index in [4.69, 9.17) is 0 Å². The summed E-state index contributed by atoms with van der Waals surface area (Å²) in [5.74, 6) is 2.61. The van der Waals surface area contributed by atoms with Crippen LogP contribution in [-0.4, -0.2) is 74.0 Å². The second-order valence-corrected chi connectivity index (χ2v) is 8.99. The van der Waals surface area contributed by atoms with Crippen molar-refractivity contribution in [3.8, 4) is 0 Å². The molecule has 0 radical (unpaired) electrons. The molecule has 2 bridgehead atoms. The number of amides is 1. The average molecular weight is 505 g/mol. The lowest BCUT2D eigenvalue weighted by Gasteiger charge is -2.34. The van der Waals surface area contributed by atoms with E-state index >= 15 is 0 Å². The van der Waals surface area contributed by atoms with Gasteiger partial charge in [0.2, 0.25) is 5.91 Å². The Kier molecular flexibility index (Phi) is 9.80. The summed E-state index contributed by atoms with van der Waals surface area (Å²) in [6.45, 7) is 6.03. The number of aliphatic imine (C=N–C) groups is 1. The van der Waals surface area contributed by atoms with E-state index in [0.29, 0.717) is 12.1 Å². The predicted molar refractivity (Wildman–Crippen MR) is 126 cm³/mol. The van der Waals surface area contributed by atoms with Gasteiger partial charge in [0.25, 0.3) is 0 Å². The van der Waals surface area contributed by atoms with Crippen molar-refractivity contribution in [2.45, 2.75) is 70.4 Å². The number of hydrogen-bond acceptors (Lipinski definition) is 3. The van der Waals surface area contributed by atoms with E-state index in [1.54, 1.807) is 19.0 Å². The van der Waals surface area contributed by atoms with Crippen molar-refractivity contribution in [1.29, 1.82) is 0 Å². The first kappa shape index (κ1) is 23.7. The normalized spacial score (nSPS) is 28.1. The number of carbonyl (C=O) groups excluding carboxylic acids is 1. The van der Waals surface area contributed by atoms with Crippen LogP contribution < -0.4 is 10.6 Å². The fourth-order valence-electron chi connectivity index (χ4n) is 4.89. The number of rotatable bonds is 7. The van der Waals surface area contributed by atoms with Gasteiger partial charge in [-0.3, -0.25) is 4.79 Å². The Balaban J connectivity index is 0.00000280. The maximum Gasteiger partial charge on any atom is 0.243 e. The van der Waals surface area contributed by atoms with Crippen LogP contribution in [0.5, 0.6) is 0 Å². The Bertz CT molecular complexity index is 519. The van der Waals surface area contributed by atoms with Gasteiger partial charge in [0.1, 0.15) is 6.54 Å². The van der Waals surface area contributed by atoms with E-state index < -0.39 is 0 Å². The average Bonchev–Trinajstić information content (AvgIpc) is 3.28. The number of likely N-dealkylation sites (N-methyl/N-ethyl adjacent to an activating group) is 1. The molecule has 0 aromatic carbocycles.